The third-order valence-corrected chi connectivity index (χ3v) is 2.75. The fraction of sp³-hybridized carbons (Fsp3) is 0.0833. The minimum absolute atomic E-state index is 0.254. The van der Waals surface area contributed by atoms with Crippen LogP contribution < -0.4 is 5.32 Å². The molecule has 0 unspecified atom stereocenters. The molecule has 1 aromatic carbocycles. The van der Waals surface area contributed by atoms with E-state index in [2.05, 4.69) is 15.3 Å². The predicted octanol–water partition coefficient (Wildman–Crippen LogP) is 2.69. The Balaban J connectivity index is 2.22. The average Bonchev–Trinajstić information content (AvgIpc) is 2.36. The van der Waals surface area contributed by atoms with Crippen LogP contribution in [0.1, 0.15) is 15.9 Å². The predicted molar refractivity (Wildman–Crippen MR) is 66.2 cm³/mol. The molecule has 0 aliphatic heterocycles. The molecule has 0 aliphatic carbocycles. The van der Waals surface area contributed by atoms with Crippen LogP contribution in [0.2, 0.25) is 5.02 Å². The zero-order valence-electron chi connectivity index (χ0n) is 9.14. The number of halogens is 1. The van der Waals surface area contributed by atoms with Gasteiger partial charge in [-0.2, -0.15) is 0 Å². The lowest BCUT2D eigenvalue weighted by molar-refractivity contribution is 0.102. The number of hydrogen-bond acceptors (Lipinski definition) is 3. The maximum Gasteiger partial charge on any atom is 0.258 e. The van der Waals surface area contributed by atoms with Gasteiger partial charge in [0.2, 0.25) is 0 Å². The molecule has 0 spiro atoms. The van der Waals surface area contributed by atoms with Gasteiger partial charge in [0.1, 0.15) is 6.33 Å². The highest BCUT2D eigenvalue weighted by atomic mass is 35.5. The molecule has 0 radical (unpaired) electrons. The first kappa shape index (κ1) is 11.5. The van der Waals surface area contributed by atoms with Crippen LogP contribution in [0.15, 0.2) is 36.9 Å². The highest BCUT2D eigenvalue weighted by Gasteiger charge is 2.08. The third-order valence-electron chi connectivity index (χ3n) is 2.34. The maximum absolute atomic E-state index is 11.8. The highest BCUT2D eigenvalue weighted by Crippen LogP contribution is 2.23. The van der Waals surface area contributed by atoms with E-state index in [9.17, 15) is 4.79 Å². The van der Waals surface area contributed by atoms with Crippen molar-refractivity contribution in [2.24, 2.45) is 0 Å². The number of anilines is 1. The Morgan fingerprint density at radius 1 is 1.29 bits per heavy atom. The SMILES string of the molecule is Cc1c(Cl)cccc1NC(=O)c1cncnc1. The molecule has 5 heteroatoms. The summed E-state index contributed by atoms with van der Waals surface area (Å²) in [5.74, 6) is -0.254. The van der Waals surface area contributed by atoms with E-state index in [1.165, 1.54) is 18.7 Å². The van der Waals surface area contributed by atoms with Gasteiger partial charge in [-0.15, -0.1) is 0 Å². The van der Waals surface area contributed by atoms with E-state index in [1.54, 1.807) is 18.2 Å². The molecule has 4 nitrogen and oxygen atoms in total. The van der Waals surface area contributed by atoms with E-state index in [0.29, 0.717) is 16.3 Å². The minimum atomic E-state index is -0.254. The number of hydrogen-bond donors (Lipinski definition) is 1. The fourth-order valence-corrected chi connectivity index (χ4v) is 1.53. The van der Waals surface area contributed by atoms with Crippen LogP contribution in [0.5, 0.6) is 0 Å². The molecule has 17 heavy (non-hydrogen) atoms. The van der Waals surface area contributed by atoms with Crippen LogP contribution >= 0.6 is 11.6 Å². The molecule has 2 aromatic rings. The second-order valence-electron chi connectivity index (χ2n) is 3.49. The normalized spacial score (nSPS) is 10.0. The van der Waals surface area contributed by atoms with Crippen LogP contribution in [0.4, 0.5) is 5.69 Å². The van der Waals surface area contributed by atoms with E-state index in [1.807, 2.05) is 6.92 Å². The van der Waals surface area contributed by atoms with Crippen molar-refractivity contribution >= 4 is 23.2 Å². The van der Waals surface area contributed by atoms with Crippen molar-refractivity contribution in [2.45, 2.75) is 6.92 Å². The number of amides is 1. The van der Waals surface area contributed by atoms with Gasteiger partial charge in [-0.05, 0) is 24.6 Å². The topological polar surface area (TPSA) is 54.9 Å². The number of aromatic nitrogens is 2. The second-order valence-corrected chi connectivity index (χ2v) is 3.90. The van der Waals surface area contributed by atoms with Gasteiger partial charge >= 0.3 is 0 Å². The van der Waals surface area contributed by atoms with Crippen LogP contribution in [0, 0.1) is 6.92 Å². The first-order chi connectivity index (χ1) is 8.18. The van der Waals surface area contributed by atoms with Gasteiger partial charge in [0.05, 0.1) is 5.56 Å². The zero-order valence-corrected chi connectivity index (χ0v) is 9.90. The number of carbonyl (C=O) groups is 1. The van der Waals surface area contributed by atoms with E-state index < -0.39 is 0 Å². The lowest BCUT2D eigenvalue weighted by Crippen LogP contribution is -2.13. The Bertz CT molecular complexity index is 543. The van der Waals surface area contributed by atoms with Crippen molar-refractivity contribution < 1.29 is 4.79 Å². The molecule has 1 amide bonds. The Labute approximate surface area is 104 Å². The Morgan fingerprint density at radius 3 is 2.71 bits per heavy atom. The first-order valence-corrected chi connectivity index (χ1v) is 5.38. The molecule has 0 bridgehead atoms. The van der Waals surface area contributed by atoms with E-state index >= 15 is 0 Å². The van der Waals surface area contributed by atoms with Crippen LogP contribution in [0.25, 0.3) is 0 Å². The molecule has 0 fully saturated rings. The number of nitrogens with zero attached hydrogens (tertiary/aromatic N) is 2. The molecule has 0 saturated heterocycles. The third kappa shape index (κ3) is 2.60. The van der Waals surface area contributed by atoms with Crippen molar-refractivity contribution in [1.82, 2.24) is 9.97 Å². The maximum atomic E-state index is 11.8. The number of nitrogens with one attached hydrogen (secondary N) is 1. The summed E-state index contributed by atoms with van der Waals surface area (Å²) in [7, 11) is 0. The smallest absolute Gasteiger partial charge is 0.258 e. The van der Waals surface area contributed by atoms with Crippen LogP contribution in [0.3, 0.4) is 0 Å². The lowest BCUT2D eigenvalue weighted by atomic mass is 10.2. The standard InChI is InChI=1S/C12H10ClN3O/c1-8-10(13)3-2-4-11(8)16-12(17)9-5-14-7-15-6-9/h2-7H,1H3,(H,16,17). The average molecular weight is 248 g/mol. The van der Waals surface area contributed by atoms with Gasteiger partial charge in [0.15, 0.2) is 0 Å². The molecule has 0 saturated carbocycles. The van der Waals surface area contributed by atoms with Gasteiger partial charge < -0.3 is 5.32 Å². The lowest BCUT2D eigenvalue weighted by Gasteiger charge is -2.08. The summed E-state index contributed by atoms with van der Waals surface area (Å²) in [5, 5.41) is 3.38. The molecule has 0 atom stereocenters. The molecular formula is C12H10ClN3O. The van der Waals surface area contributed by atoms with Crippen molar-refractivity contribution in [2.75, 3.05) is 5.32 Å². The zero-order chi connectivity index (χ0) is 12.3. The van der Waals surface area contributed by atoms with Crippen molar-refractivity contribution in [3.63, 3.8) is 0 Å². The van der Waals surface area contributed by atoms with Gasteiger partial charge in [0, 0.05) is 23.1 Å². The summed E-state index contributed by atoms with van der Waals surface area (Å²) >= 11 is 5.97. The summed E-state index contributed by atoms with van der Waals surface area (Å²) in [5.41, 5.74) is 1.93. The summed E-state index contributed by atoms with van der Waals surface area (Å²) in [6.07, 6.45) is 4.30. The monoisotopic (exact) mass is 247 g/mol. The fourth-order valence-electron chi connectivity index (χ4n) is 1.35. The number of carbonyl (C=O) groups excluding carboxylic acids is 1. The van der Waals surface area contributed by atoms with Crippen LogP contribution in [-0.4, -0.2) is 15.9 Å². The Morgan fingerprint density at radius 2 is 2.00 bits per heavy atom. The van der Waals surface area contributed by atoms with Crippen molar-refractivity contribution in [3.05, 3.63) is 53.1 Å². The molecule has 1 aromatic heterocycles. The first-order valence-electron chi connectivity index (χ1n) is 5.00. The number of rotatable bonds is 2. The van der Waals surface area contributed by atoms with Gasteiger partial charge in [-0.1, -0.05) is 17.7 Å². The van der Waals surface area contributed by atoms with Crippen LogP contribution in [-0.2, 0) is 0 Å². The number of benzene rings is 1. The Hall–Kier alpha value is -1.94. The van der Waals surface area contributed by atoms with Crippen molar-refractivity contribution in [1.29, 1.82) is 0 Å². The summed E-state index contributed by atoms with van der Waals surface area (Å²) < 4.78 is 0. The van der Waals surface area contributed by atoms with Gasteiger partial charge in [-0.3, -0.25) is 4.79 Å². The molecule has 1 heterocycles. The second kappa shape index (κ2) is 4.93. The largest absolute Gasteiger partial charge is 0.322 e. The van der Waals surface area contributed by atoms with E-state index in [-0.39, 0.29) is 5.91 Å². The van der Waals surface area contributed by atoms with Crippen molar-refractivity contribution in [3.8, 4) is 0 Å². The molecule has 0 aliphatic rings. The quantitative estimate of drug-likeness (QED) is 0.888. The Kier molecular flexibility index (Phi) is 3.35. The van der Waals surface area contributed by atoms with Gasteiger partial charge in [0.25, 0.3) is 5.91 Å². The molecular weight excluding hydrogens is 238 g/mol. The minimum Gasteiger partial charge on any atom is -0.322 e. The summed E-state index contributed by atoms with van der Waals surface area (Å²) in [6.45, 7) is 1.85. The summed E-state index contributed by atoms with van der Waals surface area (Å²) in [4.78, 5) is 19.4. The molecule has 86 valence electrons. The molecule has 1 N–H and O–H groups in total. The highest BCUT2D eigenvalue weighted by molar-refractivity contribution is 6.31. The van der Waals surface area contributed by atoms with E-state index in [0.717, 1.165) is 5.56 Å². The molecule has 2 rings (SSSR count). The van der Waals surface area contributed by atoms with Gasteiger partial charge in [-0.25, -0.2) is 9.97 Å². The summed E-state index contributed by atoms with van der Waals surface area (Å²) in [6, 6.07) is 5.35. The van der Waals surface area contributed by atoms with E-state index in [4.69, 9.17) is 11.6 Å².